The summed E-state index contributed by atoms with van der Waals surface area (Å²) in [7, 11) is 0. The number of nitrogens with two attached hydrogens (primary N) is 1. The fourth-order valence-electron chi connectivity index (χ4n) is 3.93. The lowest BCUT2D eigenvalue weighted by Gasteiger charge is -2.29. The first-order valence-electron chi connectivity index (χ1n) is 12.1. The topological polar surface area (TPSA) is 159 Å². The van der Waals surface area contributed by atoms with Crippen molar-refractivity contribution in [2.75, 3.05) is 64.7 Å². The van der Waals surface area contributed by atoms with Crippen LogP contribution in [0.25, 0.3) is 0 Å². The average molecular weight is 543 g/mol. The van der Waals surface area contributed by atoms with Gasteiger partial charge in [0.2, 0.25) is 17.7 Å². The molecule has 0 aliphatic carbocycles. The second kappa shape index (κ2) is 16.3. The molecule has 1 unspecified atom stereocenters. The highest BCUT2D eigenvalue weighted by atomic mass is 35.5. The number of imide groups is 1. The molecule has 2 aliphatic rings. The maximum absolute atomic E-state index is 12.9. The Hall–Kier alpha value is -2.61. The molecule has 4 amide bonds. The summed E-state index contributed by atoms with van der Waals surface area (Å²) in [5.74, 6) is -1.35. The minimum absolute atomic E-state index is 0. The van der Waals surface area contributed by atoms with Gasteiger partial charge in [-0.15, -0.1) is 12.4 Å². The number of ether oxygens (including phenoxy) is 4. The number of carbonyl (C=O) groups excluding carboxylic acids is 4. The van der Waals surface area contributed by atoms with Crippen LogP contribution in [0.4, 0.5) is 5.69 Å². The van der Waals surface area contributed by atoms with Gasteiger partial charge in [0, 0.05) is 36.3 Å². The molecule has 12 nitrogen and oxygen atoms in total. The highest BCUT2D eigenvalue weighted by Crippen LogP contribution is 2.32. The molecule has 4 N–H and O–H groups in total. The Morgan fingerprint density at radius 3 is 2.22 bits per heavy atom. The third-order valence-corrected chi connectivity index (χ3v) is 5.71. The van der Waals surface area contributed by atoms with Crippen molar-refractivity contribution in [2.45, 2.75) is 31.8 Å². The normalized spacial score (nSPS) is 16.8. The molecular weight excluding hydrogens is 508 g/mol. The first-order chi connectivity index (χ1) is 17.5. The molecule has 0 radical (unpaired) electrons. The molecule has 3 rings (SSSR count). The molecule has 13 heteroatoms. The van der Waals surface area contributed by atoms with Gasteiger partial charge < -0.3 is 34.9 Å². The molecule has 37 heavy (non-hydrogen) atoms. The molecule has 206 valence electrons. The number of fused-ring (bicyclic) bond motifs is 1. The molecule has 1 aromatic carbocycles. The summed E-state index contributed by atoms with van der Waals surface area (Å²) in [6.45, 7) is 4.05. The summed E-state index contributed by atoms with van der Waals surface area (Å²) in [6, 6.07) is 4.37. The van der Waals surface area contributed by atoms with Crippen LogP contribution >= 0.6 is 12.4 Å². The Labute approximate surface area is 221 Å². The van der Waals surface area contributed by atoms with Crippen LogP contribution in [0.15, 0.2) is 18.2 Å². The Balaban J connectivity index is 0.00000481. The van der Waals surface area contributed by atoms with Gasteiger partial charge in [0.05, 0.1) is 59.3 Å². The lowest BCUT2D eigenvalue weighted by atomic mass is 10.0. The monoisotopic (exact) mass is 542 g/mol. The lowest BCUT2D eigenvalue weighted by Crippen LogP contribution is -2.52. The van der Waals surface area contributed by atoms with Crippen molar-refractivity contribution in [2.24, 2.45) is 5.73 Å². The van der Waals surface area contributed by atoms with E-state index >= 15 is 0 Å². The first kappa shape index (κ1) is 30.6. The summed E-state index contributed by atoms with van der Waals surface area (Å²) in [5.41, 5.74) is 6.94. The van der Waals surface area contributed by atoms with Gasteiger partial charge in [-0.1, -0.05) is 6.07 Å². The highest BCUT2D eigenvalue weighted by Gasteiger charge is 2.39. The SMILES string of the molecule is Cl.NCCOCCOCCOCCOCCC(=O)Nc1cccc2c1CN(C1CCC(=O)NC1=O)C2=O. The fraction of sp³-hybridized carbons (Fsp3) is 0.583. The number of benzene rings is 1. The maximum Gasteiger partial charge on any atom is 0.255 e. The summed E-state index contributed by atoms with van der Waals surface area (Å²) in [4.78, 5) is 50.4. The van der Waals surface area contributed by atoms with Gasteiger partial charge in [0.1, 0.15) is 6.04 Å². The molecule has 0 aromatic heterocycles. The smallest absolute Gasteiger partial charge is 0.255 e. The Bertz CT molecular complexity index is 932. The molecule has 0 saturated carbocycles. The minimum Gasteiger partial charge on any atom is -0.379 e. The minimum atomic E-state index is -0.705. The largest absolute Gasteiger partial charge is 0.379 e. The molecule has 1 atom stereocenters. The van der Waals surface area contributed by atoms with E-state index in [0.717, 1.165) is 0 Å². The van der Waals surface area contributed by atoms with Crippen molar-refractivity contribution in [1.82, 2.24) is 10.2 Å². The van der Waals surface area contributed by atoms with Crippen molar-refractivity contribution < 1.29 is 38.1 Å². The first-order valence-corrected chi connectivity index (χ1v) is 12.1. The van der Waals surface area contributed by atoms with Crippen molar-refractivity contribution >= 4 is 41.7 Å². The summed E-state index contributed by atoms with van der Waals surface area (Å²) >= 11 is 0. The standard InChI is InChI=1S/C24H34N4O8.ClH/c25-7-9-34-11-13-36-15-14-35-12-10-33-8-6-22(30)26-19-3-1-2-17-18(19)16-28(24(17)32)20-4-5-21(29)27-23(20)31;/h1-3,20H,4-16,25H2,(H,26,30)(H,27,29,31);1H. The molecule has 2 aliphatic heterocycles. The number of amides is 4. The van der Waals surface area contributed by atoms with Gasteiger partial charge in [0.15, 0.2) is 0 Å². The van der Waals surface area contributed by atoms with E-state index in [9.17, 15) is 19.2 Å². The summed E-state index contributed by atoms with van der Waals surface area (Å²) in [6.07, 6.45) is 0.606. The fourth-order valence-corrected chi connectivity index (χ4v) is 3.93. The number of nitrogens with zero attached hydrogens (tertiary/aromatic N) is 1. The second-order valence-electron chi connectivity index (χ2n) is 8.27. The predicted molar refractivity (Wildman–Crippen MR) is 135 cm³/mol. The zero-order valence-corrected chi connectivity index (χ0v) is 21.5. The van der Waals surface area contributed by atoms with E-state index in [4.69, 9.17) is 24.7 Å². The van der Waals surface area contributed by atoms with Crippen LogP contribution in [0.5, 0.6) is 0 Å². The number of nitrogens with one attached hydrogen (secondary N) is 2. The number of anilines is 1. The van der Waals surface area contributed by atoms with Crippen LogP contribution in [-0.2, 0) is 39.9 Å². The van der Waals surface area contributed by atoms with Gasteiger partial charge >= 0.3 is 0 Å². The highest BCUT2D eigenvalue weighted by molar-refractivity contribution is 6.06. The molecular formula is C24H35ClN4O8. The molecule has 0 bridgehead atoms. The molecule has 2 heterocycles. The van der Waals surface area contributed by atoms with Crippen LogP contribution in [0.1, 0.15) is 35.2 Å². The van der Waals surface area contributed by atoms with E-state index in [1.54, 1.807) is 18.2 Å². The van der Waals surface area contributed by atoms with Crippen LogP contribution < -0.4 is 16.4 Å². The van der Waals surface area contributed by atoms with Gasteiger partial charge in [-0.05, 0) is 18.6 Å². The van der Waals surface area contributed by atoms with E-state index in [1.165, 1.54) is 4.90 Å². The molecule has 1 fully saturated rings. The van der Waals surface area contributed by atoms with Gasteiger partial charge in [-0.25, -0.2) is 0 Å². The van der Waals surface area contributed by atoms with E-state index in [2.05, 4.69) is 10.6 Å². The van der Waals surface area contributed by atoms with Crippen molar-refractivity contribution in [1.29, 1.82) is 0 Å². The number of hydrogen-bond acceptors (Lipinski definition) is 9. The van der Waals surface area contributed by atoms with Crippen LogP contribution in [0.2, 0.25) is 0 Å². The molecule has 1 aromatic rings. The average Bonchev–Trinajstić information content (AvgIpc) is 3.19. The Morgan fingerprint density at radius 1 is 0.973 bits per heavy atom. The van der Waals surface area contributed by atoms with Crippen LogP contribution in [-0.4, -0.2) is 94.0 Å². The van der Waals surface area contributed by atoms with Gasteiger partial charge in [-0.3, -0.25) is 24.5 Å². The summed E-state index contributed by atoms with van der Waals surface area (Å²) < 4.78 is 21.4. The van der Waals surface area contributed by atoms with Crippen molar-refractivity contribution in [3.63, 3.8) is 0 Å². The van der Waals surface area contributed by atoms with Crippen molar-refractivity contribution in [3.8, 4) is 0 Å². The van der Waals surface area contributed by atoms with Crippen LogP contribution in [0, 0.1) is 0 Å². The molecule has 1 saturated heterocycles. The lowest BCUT2D eigenvalue weighted by molar-refractivity contribution is -0.137. The van der Waals surface area contributed by atoms with Gasteiger partial charge in [-0.2, -0.15) is 0 Å². The number of rotatable bonds is 16. The zero-order valence-electron chi connectivity index (χ0n) is 20.7. The molecule has 0 spiro atoms. The van der Waals surface area contributed by atoms with E-state index in [0.29, 0.717) is 69.6 Å². The number of halogens is 1. The number of carbonyl (C=O) groups is 4. The number of hydrogen-bond donors (Lipinski definition) is 3. The van der Waals surface area contributed by atoms with Crippen LogP contribution in [0.3, 0.4) is 0 Å². The zero-order chi connectivity index (χ0) is 25.8. The van der Waals surface area contributed by atoms with E-state index < -0.39 is 11.9 Å². The Kier molecular flexibility index (Phi) is 13.5. The van der Waals surface area contributed by atoms with E-state index in [-0.39, 0.29) is 62.5 Å². The summed E-state index contributed by atoms with van der Waals surface area (Å²) in [5, 5.41) is 5.11. The Morgan fingerprint density at radius 2 is 1.59 bits per heavy atom. The second-order valence-corrected chi connectivity index (χ2v) is 8.27. The van der Waals surface area contributed by atoms with Gasteiger partial charge in [0.25, 0.3) is 5.91 Å². The third-order valence-electron chi connectivity index (χ3n) is 5.71. The van der Waals surface area contributed by atoms with E-state index in [1.807, 2.05) is 0 Å². The maximum atomic E-state index is 12.9. The quantitative estimate of drug-likeness (QED) is 0.196. The third kappa shape index (κ3) is 9.33. The van der Waals surface area contributed by atoms with Crippen molar-refractivity contribution in [3.05, 3.63) is 29.3 Å². The predicted octanol–water partition coefficient (Wildman–Crippen LogP) is 0.223. The number of piperidine rings is 1.